The van der Waals surface area contributed by atoms with Gasteiger partial charge in [-0.25, -0.2) is 8.42 Å². The molecule has 1 saturated carbocycles. The van der Waals surface area contributed by atoms with Crippen LogP contribution in [-0.4, -0.2) is 62.8 Å². The molecule has 124 valence electrons. The first-order chi connectivity index (χ1) is 10.1. The Morgan fingerprint density at radius 3 is 2.32 bits per heavy atom. The molecule has 1 saturated heterocycles. The second kappa shape index (κ2) is 6.15. The normalized spacial score (nSPS) is 32.7. The highest BCUT2D eigenvalue weighted by Crippen LogP contribution is 2.39. The predicted octanol–water partition coefficient (Wildman–Crippen LogP) is 1.40. The summed E-state index contributed by atoms with van der Waals surface area (Å²) in [6, 6.07) is -0.401. The summed E-state index contributed by atoms with van der Waals surface area (Å²) in [6.45, 7) is 6.18. The minimum Gasteiger partial charge on any atom is -0.338 e. The van der Waals surface area contributed by atoms with Crippen LogP contribution in [0.5, 0.6) is 0 Å². The van der Waals surface area contributed by atoms with Crippen LogP contribution in [0, 0.1) is 5.41 Å². The summed E-state index contributed by atoms with van der Waals surface area (Å²) in [6.07, 6.45) is 3.70. The van der Waals surface area contributed by atoms with Crippen molar-refractivity contribution < 1.29 is 13.2 Å². The van der Waals surface area contributed by atoms with Gasteiger partial charge in [-0.2, -0.15) is 4.31 Å². The molecule has 0 N–H and O–H groups in total. The molecule has 1 aliphatic carbocycles. The molecule has 22 heavy (non-hydrogen) atoms. The van der Waals surface area contributed by atoms with Gasteiger partial charge in [0.15, 0.2) is 0 Å². The third kappa shape index (κ3) is 3.20. The summed E-state index contributed by atoms with van der Waals surface area (Å²) in [4.78, 5) is 14.8. The number of nitrogens with zero attached hydrogens (tertiary/aromatic N) is 2. The Bertz CT molecular complexity index is 527. The van der Waals surface area contributed by atoms with Gasteiger partial charge in [0.05, 0.1) is 13.6 Å². The van der Waals surface area contributed by atoms with Crippen molar-refractivity contribution in [2.45, 2.75) is 64.4 Å². The van der Waals surface area contributed by atoms with Gasteiger partial charge >= 0.3 is 0 Å². The maximum Gasteiger partial charge on any atom is 0.241 e. The molecule has 0 bridgehead atoms. The highest BCUT2D eigenvalue weighted by Gasteiger charge is 2.52. The number of amides is 1. The fourth-order valence-electron chi connectivity index (χ4n) is 3.83. The molecule has 2 rings (SSSR count). The van der Waals surface area contributed by atoms with Gasteiger partial charge < -0.3 is 4.90 Å². The molecule has 0 aromatic rings. The predicted molar refractivity (Wildman–Crippen MR) is 88.3 cm³/mol. The molecule has 1 unspecified atom stereocenters. The summed E-state index contributed by atoms with van der Waals surface area (Å²) < 4.78 is 25.7. The zero-order valence-electron chi connectivity index (χ0n) is 14.1. The molecule has 2 fully saturated rings. The van der Waals surface area contributed by atoms with Crippen LogP contribution in [0.3, 0.4) is 0 Å². The third-order valence-electron chi connectivity index (χ3n) is 5.18. The Kier molecular flexibility index (Phi) is 4.98. The van der Waals surface area contributed by atoms with Gasteiger partial charge in [0, 0.05) is 25.0 Å². The summed E-state index contributed by atoms with van der Waals surface area (Å²) in [7, 11) is 4.09. The molecule has 0 spiro atoms. The van der Waals surface area contributed by atoms with Crippen molar-refractivity contribution in [3.8, 4) is 0 Å². The van der Waals surface area contributed by atoms with Crippen LogP contribution < -0.4 is 0 Å². The smallest absolute Gasteiger partial charge is 0.241 e. The standard InChI is InChI=1S/C15H27BN2O3S/c1-5-22(20,21)17(4)13-14(19)18(10-15(13,2)3)12-8-6-11(16)7-9-12/h11-13H,5-10H2,1-4H3. The molecular weight excluding hydrogens is 299 g/mol. The van der Waals surface area contributed by atoms with Crippen molar-refractivity contribution in [2.75, 3.05) is 19.3 Å². The molecule has 0 aromatic carbocycles. The van der Waals surface area contributed by atoms with Gasteiger partial charge in [-0.15, -0.1) is 0 Å². The van der Waals surface area contributed by atoms with Gasteiger partial charge in [-0.05, 0) is 19.8 Å². The molecule has 7 heteroatoms. The molecule has 1 atom stereocenters. The molecule has 5 nitrogen and oxygen atoms in total. The molecule has 2 radical (unpaired) electrons. The lowest BCUT2D eigenvalue weighted by Crippen LogP contribution is -2.49. The molecule has 2 aliphatic rings. The molecular formula is C15H27BN2O3S. The van der Waals surface area contributed by atoms with Crippen LogP contribution in [-0.2, 0) is 14.8 Å². The zero-order valence-corrected chi connectivity index (χ0v) is 14.9. The highest BCUT2D eigenvalue weighted by atomic mass is 32.2. The molecule has 1 heterocycles. The highest BCUT2D eigenvalue weighted by molar-refractivity contribution is 7.89. The van der Waals surface area contributed by atoms with Crippen molar-refractivity contribution in [3.05, 3.63) is 0 Å². The summed E-state index contributed by atoms with van der Waals surface area (Å²) in [5.41, 5.74) is -0.381. The van der Waals surface area contributed by atoms with E-state index in [1.54, 1.807) is 6.92 Å². The second-order valence-corrected chi connectivity index (χ2v) is 9.66. The number of hydrogen-bond donors (Lipinski definition) is 0. The molecule has 0 aromatic heterocycles. The first-order valence-corrected chi connectivity index (χ1v) is 9.73. The number of sulfonamides is 1. The monoisotopic (exact) mass is 326 g/mol. The Hall–Kier alpha value is -0.555. The number of carbonyl (C=O) groups excluding carboxylic acids is 1. The van der Waals surface area contributed by atoms with Crippen LogP contribution in [0.1, 0.15) is 46.5 Å². The number of hydrogen-bond acceptors (Lipinski definition) is 3. The van der Waals surface area contributed by atoms with E-state index < -0.39 is 16.1 Å². The molecule has 1 aliphatic heterocycles. The summed E-state index contributed by atoms with van der Waals surface area (Å²) in [5, 5.41) is 0. The van der Waals surface area contributed by atoms with Gasteiger partial charge in [0.2, 0.25) is 15.9 Å². The van der Waals surface area contributed by atoms with E-state index in [1.807, 2.05) is 18.7 Å². The lowest BCUT2D eigenvalue weighted by molar-refractivity contribution is -0.133. The van der Waals surface area contributed by atoms with Gasteiger partial charge in [-0.1, -0.05) is 32.5 Å². The van der Waals surface area contributed by atoms with Crippen LogP contribution >= 0.6 is 0 Å². The summed E-state index contributed by atoms with van der Waals surface area (Å²) >= 11 is 0. The number of likely N-dealkylation sites (tertiary alicyclic amines) is 1. The first-order valence-electron chi connectivity index (χ1n) is 8.12. The van der Waals surface area contributed by atoms with Crippen LogP contribution in [0.15, 0.2) is 0 Å². The minimum absolute atomic E-state index is 0.0155. The Balaban J connectivity index is 2.21. The van der Waals surface area contributed by atoms with E-state index in [2.05, 4.69) is 0 Å². The maximum atomic E-state index is 12.9. The second-order valence-electron chi connectivity index (χ2n) is 7.34. The molecule has 1 amide bonds. The van der Waals surface area contributed by atoms with Crippen molar-refractivity contribution in [3.63, 3.8) is 0 Å². The van der Waals surface area contributed by atoms with E-state index in [4.69, 9.17) is 7.85 Å². The number of rotatable bonds is 4. The maximum absolute atomic E-state index is 12.9. The first kappa shape index (κ1) is 17.8. The van der Waals surface area contributed by atoms with Crippen molar-refractivity contribution in [1.82, 2.24) is 9.21 Å². The average Bonchev–Trinajstić information content (AvgIpc) is 2.69. The largest absolute Gasteiger partial charge is 0.338 e. The topological polar surface area (TPSA) is 57.7 Å². The van der Waals surface area contributed by atoms with Crippen LogP contribution in [0.25, 0.3) is 0 Å². The quantitative estimate of drug-likeness (QED) is 0.734. The van der Waals surface area contributed by atoms with Crippen LogP contribution in [0.4, 0.5) is 0 Å². The Labute approximate surface area is 135 Å². The Morgan fingerprint density at radius 2 is 1.82 bits per heavy atom. The lowest BCUT2D eigenvalue weighted by atomic mass is 9.74. The Morgan fingerprint density at radius 1 is 1.27 bits per heavy atom. The van der Waals surface area contributed by atoms with Crippen LogP contribution in [0.2, 0.25) is 5.82 Å². The lowest BCUT2D eigenvalue weighted by Gasteiger charge is -2.34. The number of likely N-dealkylation sites (N-methyl/N-ethyl adjacent to an activating group) is 1. The van der Waals surface area contributed by atoms with Gasteiger partial charge in [0.25, 0.3) is 0 Å². The summed E-state index contributed by atoms with van der Waals surface area (Å²) in [5.74, 6) is 0.202. The fourth-order valence-corrected chi connectivity index (χ4v) is 4.93. The SMILES string of the molecule is [B]C1CCC(N2CC(C)(C)C(N(C)S(=O)(=O)CC)C2=O)CC1. The van der Waals surface area contributed by atoms with Gasteiger partial charge in [0.1, 0.15) is 6.04 Å². The van der Waals surface area contributed by atoms with E-state index in [0.29, 0.717) is 6.54 Å². The van der Waals surface area contributed by atoms with Gasteiger partial charge in [-0.3, -0.25) is 4.79 Å². The van der Waals surface area contributed by atoms with Crippen molar-refractivity contribution in [2.24, 2.45) is 5.41 Å². The van der Waals surface area contributed by atoms with E-state index in [-0.39, 0.29) is 28.9 Å². The number of carbonyl (C=O) groups is 1. The van der Waals surface area contributed by atoms with Crippen molar-refractivity contribution in [1.29, 1.82) is 0 Å². The van der Waals surface area contributed by atoms with E-state index in [1.165, 1.54) is 11.4 Å². The van der Waals surface area contributed by atoms with E-state index in [9.17, 15) is 13.2 Å². The minimum atomic E-state index is -3.38. The van der Waals surface area contributed by atoms with E-state index in [0.717, 1.165) is 25.7 Å². The average molecular weight is 326 g/mol. The zero-order chi connectivity index (χ0) is 16.7. The van der Waals surface area contributed by atoms with E-state index >= 15 is 0 Å². The third-order valence-corrected chi connectivity index (χ3v) is 7.00. The fraction of sp³-hybridized carbons (Fsp3) is 0.933. The van der Waals surface area contributed by atoms with Crippen molar-refractivity contribution >= 4 is 23.8 Å².